The summed E-state index contributed by atoms with van der Waals surface area (Å²) in [7, 11) is 0. The Kier molecular flexibility index (Phi) is 5.71. The first-order chi connectivity index (χ1) is 8.70. The van der Waals surface area contributed by atoms with E-state index in [0.29, 0.717) is 18.7 Å². The number of allylic oxidation sites excluding steroid dienone is 1. The lowest BCUT2D eigenvalue weighted by Crippen LogP contribution is -2.17. The van der Waals surface area contributed by atoms with Crippen LogP contribution < -0.4 is 5.32 Å². The third kappa shape index (κ3) is 3.77. The Balaban J connectivity index is 3.09. The molecule has 0 aliphatic heterocycles. The van der Waals surface area contributed by atoms with Gasteiger partial charge in [-0.3, -0.25) is 0 Å². The van der Waals surface area contributed by atoms with Gasteiger partial charge in [0.15, 0.2) is 0 Å². The largest absolute Gasteiger partial charge is 0.462 e. The van der Waals surface area contributed by atoms with Crippen LogP contribution in [0.2, 0.25) is 0 Å². The fourth-order valence-electron chi connectivity index (χ4n) is 1.61. The number of benzene rings is 1. The van der Waals surface area contributed by atoms with Gasteiger partial charge in [0, 0.05) is 12.2 Å². The van der Waals surface area contributed by atoms with Crippen LogP contribution in [0.5, 0.6) is 0 Å². The van der Waals surface area contributed by atoms with Gasteiger partial charge in [-0.15, -0.1) is 6.58 Å². The first kappa shape index (κ1) is 14.0. The lowest BCUT2D eigenvalue weighted by Gasteiger charge is -2.12. The number of carbonyl (C=O) groups is 1. The molecule has 0 fully saturated rings. The van der Waals surface area contributed by atoms with Crippen LogP contribution in [0.15, 0.2) is 48.7 Å². The second-order valence-electron chi connectivity index (χ2n) is 3.76. The number of rotatable bonds is 6. The van der Waals surface area contributed by atoms with Gasteiger partial charge in [-0.2, -0.15) is 0 Å². The standard InChI is InChI=1S/C15H19NO2/c1-4-11-16-12(3)14(15(17)18-5-2)13-9-7-6-8-10-13/h4,6-10,16H,1,5,11H2,2-3H3/b14-12-. The molecule has 96 valence electrons. The molecule has 0 spiro atoms. The minimum Gasteiger partial charge on any atom is -0.462 e. The van der Waals surface area contributed by atoms with Crippen LogP contribution in [0.3, 0.4) is 0 Å². The second-order valence-corrected chi connectivity index (χ2v) is 3.76. The Morgan fingerprint density at radius 3 is 2.61 bits per heavy atom. The van der Waals surface area contributed by atoms with Crippen molar-refractivity contribution in [3.63, 3.8) is 0 Å². The van der Waals surface area contributed by atoms with Gasteiger partial charge in [0.2, 0.25) is 0 Å². The van der Waals surface area contributed by atoms with Crippen LogP contribution in [0.25, 0.3) is 5.57 Å². The van der Waals surface area contributed by atoms with Gasteiger partial charge in [-0.05, 0) is 19.4 Å². The number of esters is 1. The molecule has 3 heteroatoms. The van der Waals surface area contributed by atoms with Crippen molar-refractivity contribution >= 4 is 11.5 Å². The van der Waals surface area contributed by atoms with E-state index < -0.39 is 0 Å². The van der Waals surface area contributed by atoms with Gasteiger partial charge in [0.1, 0.15) is 0 Å². The SMILES string of the molecule is C=CCN/C(C)=C(\C(=O)OCC)c1ccccc1. The van der Waals surface area contributed by atoms with Crippen molar-refractivity contribution < 1.29 is 9.53 Å². The predicted molar refractivity (Wildman–Crippen MR) is 73.9 cm³/mol. The van der Waals surface area contributed by atoms with Crippen LogP contribution in [0.4, 0.5) is 0 Å². The maximum atomic E-state index is 12.0. The Hall–Kier alpha value is -2.03. The molecule has 0 heterocycles. The molecule has 1 N–H and O–H groups in total. The topological polar surface area (TPSA) is 38.3 Å². The highest BCUT2D eigenvalue weighted by atomic mass is 16.5. The molecule has 3 nitrogen and oxygen atoms in total. The van der Waals surface area contributed by atoms with Crippen LogP contribution >= 0.6 is 0 Å². The number of carbonyl (C=O) groups excluding carboxylic acids is 1. The molecule has 0 radical (unpaired) electrons. The van der Waals surface area contributed by atoms with Crippen molar-refractivity contribution in [1.82, 2.24) is 5.32 Å². The predicted octanol–water partition coefficient (Wildman–Crippen LogP) is 2.76. The number of hydrogen-bond acceptors (Lipinski definition) is 3. The van der Waals surface area contributed by atoms with Gasteiger partial charge in [0.05, 0.1) is 12.2 Å². The smallest absolute Gasteiger partial charge is 0.340 e. The minimum absolute atomic E-state index is 0.308. The molecule has 0 unspecified atom stereocenters. The van der Waals surface area contributed by atoms with E-state index in [0.717, 1.165) is 11.3 Å². The third-order valence-corrected chi connectivity index (χ3v) is 2.43. The molecule has 0 bridgehead atoms. The van der Waals surface area contributed by atoms with Crippen molar-refractivity contribution in [2.45, 2.75) is 13.8 Å². The van der Waals surface area contributed by atoms with Crippen LogP contribution in [0.1, 0.15) is 19.4 Å². The minimum atomic E-state index is -0.308. The zero-order chi connectivity index (χ0) is 13.4. The summed E-state index contributed by atoms with van der Waals surface area (Å²) in [5.41, 5.74) is 2.21. The van der Waals surface area contributed by atoms with Gasteiger partial charge < -0.3 is 10.1 Å². The number of ether oxygens (including phenoxy) is 1. The van der Waals surface area contributed by atoms with Crippen LogP contribution in [0, 0.1) is 0 Å². The van der Waals surface area contributed by atoms with Crippen LogP contribution in [-0.2, 0) is 9.53 Å². The summed E-state index contributed by atoms with van der Waals surface area (Å²) in [6.07, 6.45) is 1.75. The monoisotopic (exact) mass is 245 g/mol. The van der Waals surface area contributed by atoms with E-state index in [2.05, 4.69) is 11.9 Å². The van der Waals surface area contributed by atoms with E-state index in [1.807, 2.05) is 37.3 Å². The van der Waals surface area contributed by atoms with Crippen molar-refractivity contribution in [3.8, 4) is 0 Å². The van der Waals surface area contributed by atoms with Gasteiger partial charge in [0.25, 0.3) is 0 Å². The average molecular weight is 245 g/mol. The highest BCUT2D eigenvalue weighted by Gasteiger charge is 2.16. The molecular weight excluding hydrogens is 226 g/mol. The van der Waals surface area contributed by atoms with E-state index in [1.165, 1.54) is 0 Å². The maximum Gasteiger partial charge on any atom is 0.340 e. The van der Waals surface area contributed by atoms with E-state index in [1.54, 1.807) is 13.0 Å². The van der Waals surface area contributed by atoms with Crippen LogP contribution in [-0.4, -0.2) is 19.1 Å². The lowest BCUT2D eigenvalue weighted by atomic mass is 10.0. The summed E-state index contributed by atoms with van der Waals surface area (Å²) < 4.78 is 5.10. The normalized spacial score (nSPS) is 11.4. The van der Waals surface area contributed by atoms with E-state index in [4.69, 9.17) is 4.74 Å². The molecule has 0 aliphatic carbocycles. The molecule has 0 saturated heterocycles. The number of hydrogen-bond donors (Lipinski definition) is 1. The average Bonchev–Trinajstić information content (AvgIpc) is 2.38. The van der Waals surface area contributed by atoms with Crippen molar-refractivity contribution in [1.29, 1.82) is 0 Å². The first-order valence-electron chi connectivity index (χ1n) is 5.98. The summed E-state index contributed by atoms with van der Waals surface area (Å²) >= 11 is 0. The fourth-order valence-corrected chi connectivity index (χ4v) is 1.61. The molecule has 1 rings (SSSR count). The maximum absolute atomic E-state index is 12.0. The van der Waals surface area contributed by atoms with Gasteiger partial charge in [-0.1, -0.05) is 36.4 Å². The highest BCUT2D eigenvalue weighted by Crippen LogP contribution is 2.19. The molecule has 0 saturated carbocycles. The molecule has 1 aromatic rings. The Labute approximate surface area is 108 Å². The third-order valence-electron chi connectivity index (χ3n) is 2.43. The van der Waals surface area contributed by atoms with Gasteiger partial charge >= 0.3 is 5.97 Å². The zero-order valence-electron chi connectivity index (χ0n) is 10.9. The summed E-state index contributed by atoms with van der Waals surface area (Å²) in [5, 5.41) is 3.13. The number of nitrogens with one attached hydrogen (secondary N) is 1. The zero-order valence-corrected chi connectivity index (χ0v) is 10.9. The fraction of sp³-hybridized carbons (Fsp3) is 0.267. The lowest BCUT2D eigenvalue weighted by molar-refractivity contribution is -0.136. The Morgan fingerprint density at radius 1 is 1.39 bits per heavy atom. The molecular formula is C15H19NO2. The van der Waals surface area contributed by atoms with E-state index in [9.17, 15) is 4.79 Å². The summed E-state index contributed by atoms with van der Waals surface area (Å²) in [6.45, 7) is 8.28. The van der Waals surface area contributed by atoms with Gasteiger partial charge in [-0.25, -0.2) is 4.79 Å². The van der Waals surface area contributed by atoms with E-state index >= 15 is 0 Å². The molecule has 0 amide bonds. The summed E-state index contributed by atoms with van der Waals surface area (Å²) in [4.78, 5) is 12.0. The molecule has 0 aliphatic rings. The van der Waals surface area contributed by atoms with Crippen molar-refractivity contribution in [2.75, 3.05) is 13.2 Å². The first-order valence-corrected chi connectivity index (χ1v) is 5.98. The second kappa shape index (κ2) is 7.33. The summed E-state index contributed by atoms with van der Waals surface area (Å²) in [6, 6.07) is 9.50. The highest BCUT2D eigenvalue weighted by molar-refractivity contribution is 6.17. The molecule has 0 atom stereocenters. The van der Waals surface area contributed by atoms with Crippen molar-refractivity contribution in [2.24, 2.45) is 0 Å². The Bertz CT molecular complexity index is 435. The molecule has 18 heavy (non-hydrogen) atoms. The van der Waals surface area contributed by atoms with E-state index in [-0.39, 0.29) is 5.97 Å². The quantitative estimate of drug-likeness (QED) is 0.476. The summed E-state index contributed by atoms with van der Waals surface area (Å²) in [5.74, 6) is -0.308. The Morgan fingerprint density at radius 2 is 2.06 bits per heavy atom. The molecule has 1 aromatic carbocycles. The van der Waals surface area contributed by atoms with Crippen molar-refractivity contribution in [3.05, 3.63) is 54.2 Å². The molecule has 0 aromatic heterocycles.